The van der Waals surface area contributed by atoms with E-state index >= 15 is 0 Å². The van der Waals surface area contributed by atoms with Crippen LogP contribution in [0.5, 0.6) is 0 Å². The number of rotatable bonds is 7. The number of hydrogen-bond acceptors (Lipinski definition) is 3. The molecular weight excluding hydrogens is 188 g/mol. The molecule has 88 valence electrons. The standard InChI is InChI=1S/C12H24N2O/c1-3-4-5-6-7-8-12-13-9-10-14(12)11(2)15/h11,15H,3-10H2,1-2H3. The van der Waals surface area contributed by atoms with Crippen LogP contribution in [0, 0.1) is 0 Å². The Kier molecular flexibility index (Phi) is 5.69. The summed E-state index contributed by atoms with van der Waals surface area (Å²) in [4.78, 5) is 6.45. The van der Waals surface area contributed by atoms with E-state index in [9.17, 15) is 5.11 Å². The highest BCUT2D eigenvalue weighted by atomic mass is 16.3. The second-order valence-electron chi connectivity index (χ2n) is 4.29. The van der Waals surface area contributed by atoms with Gasteiger partial charge in [0.15, 0.2) is 0 Å². The Hall–Kier alpha value is -0.570. The molecule has 0 bridgehead atoms. The van der Waals surface area contributed by atoms with Gasteiger partial charge in [-0.3, -0.25) is 4.99 Å². The molecule has 1 aliphatic heterocycles. The van der Waals surface area contributed by atoms with Crippen LogP contribution in [0.15, 0.2) is 4.99 Å². The molecule has 0 aliphatic carbocycles. The number of aliphatic hydroxyl groups excluding tert-OH is 1. The van der Waals surface area contributed by atoms with Gasteiger partial charge in [0.25, 0.3) is 0 Å². The molecule has 0 aromatic rings. The van der Waals surface area contributed by atoms with Crippen LogP contribution in [0.4, 0.5) is 0 Å². The van der Waals surface area contributed by atoms with E-state index in [2.05, 4.69) is 11.9 Å². The van der Waals surface area contributed by atoms with Gasteiger partial charge in [-0.15, -0.1) is 0 Å². The predicted octanol–water partition coefficient (Wildman–Crippen LogP) is 2.40. The lowest BCUT2D eigenvalue weighted by atomic mass is 10.1. The lowest BCUT2D eigenvalue weighted by molar-refractivity contribution is 0.0766. The van der Waals surface area contributed by atoms with Crippen molar-refractivity contribution < 1.29 is 5.11 Å². The van der Waals surface area contributed by atoms with Crippen molar-refractivity contribution in [2.45, 2.75) is 58.6 Å². The molecule has 15 heavy (non-hydrogen) atoms. The molecule has 0 aromatic carbocycles. The van der Waals surface area contributed by atoms with Crippen molar-refractivity contribution >= 4 is 5.84 Å². The summed E-state index contributed by atoms with van der Waals surface area (Å²) >= 11 is 0. The number of nitrogens with zero attached hydrogens (tertiary/aromatic N) is 2. The van der Waals surface area contributed by atoms with E-state index in [1.54, 1.807) is 0 Å². The highest BCUT2D eigenvalue weighted by Crippen LogP contribution is 2.12. The summed E-state index contributed by atoms with van der Waals surface area (Å²) < 4.78 is 0. The first-order valence-corrected chi connectivity index (χ1v) is 6.23. The summed E-state index contributed by atoms with van der Waals surface area (Å²) in [5.41, 5.74) is 0. The predicted molar refractivity (Wildman–Crippen MR) is 64.1 cm³/mol. The summed E-state index contributed by atoms with van der Waals surface area (Å²) in [6, 6.07) is 0. The molecule has 1 heterocycles. The molecule has 0 saturated carbocycles. The maximum atomic E-state index is 9.51. The fourth-order valence-corrected chi connectivity index (χ4v) is 2.02. The van der Waals surface area contributed by atoms with Crippen LogP contribution < -0.4 is 0 Å². The molecule has 1 rings (SSSR count). The quantitative estimate of drug-likeness (QED) is 0.658. The first-order valence-electron chi connectivity index (χ1n) is 6.23. The first-order chi connectivity index (χ1) is 7.25. The molecule has 3 heteroatoms. The lowest BCUT2D eigenvalue weighted by Crippen LogP contribution is -2.35. The zero-order valence-corrected chi connectivity index (χ0v) is 10.1. The van der Waals surface area contributed by atoms with Crippen LogP contribution in [-0.2, 0) is 0 Å². The van der Waals surface area contributed by atoms with E-state index in [-0.39, 0.29) is 6.23 Å². The molecule has 0 fully saturated rings. The fraction of sp³-hybridized carbons (Fsp3) is 0.917. The number of unbranched alkanes of at least 4 members (excludes halogenated alkanes) is 4. The number of amidine groups is 1. The van der Waals surface area contributed by atoms with Gasteiger partial charge < -0.3 is 10.0 Å². The summed E-state index contributed by atoms with van der Waals surface area (Å²) in [7, 11) is 0. The van der Waals surface area contributed by atoms with E-state index in [0.29, 0.717) is 0 Å². The summed E-state index contributed by atoms with van der Waals surface area (Å²) in [5.74, 6) is 1.11. The molecule has 1 unspecified atom stereocenters. The molecule has 3 nitrogen and oxygen atoms in total. The smallest absolute Gasteiger partial charge is 0.125 e. The molecule has 0 amide bonds. The van der Waals surface area contributed by atoms with Gasteiger partial charge in [-0.2, -0.15) is 0 Å². The average molecular weight is 212 g/mol. The summed E-state index contributed by atoms with van der Waals surface area (Å²) in [6.07, 6.45) is 7.13. The summed E-state index contributed by atoms with van der Waals surface area (Å²) in [5, 5.41) is 9.51. The van der Waals surface area contributed by atoms with Crippen LogP contribution >= 0.6 is 0 Å². The van der Waals surface area contributed by atoms with E-state index in [1.165, 1.54) is 32.1 Å². The molecule has 1 aliphatic rings. The second kappa shape index (κ2) is 6.83. The van der Waals surface area contributed by atoms with Crippen LogP contribution in [0.1, 0.15) is 52.4 Å². The van der Waals surface area contributed by atoms with Crippen molar-refractivity contribution in [3.05, 3.63) is 0 Å². The topological polar surface area (TPSA) is 35.8 Å². The van der Waals surface area contributed by atoms with Crippen molar-refractivity contribution in [2.24, 2.45) is 4.99 Å². The Morgan fingerprint density at radius 2 is 2.07 bits per heavy atom. The SMILES string of the molecule is CCCCCCCC1=NCCN1C(C)O. The Morgan fingerprint density at radius 1 is 1.33 bits per heavy atom. The Balaban J connectivity index is 2.15. The van der Waals surface area contributed by atoms with E-state index in [0.717, 1.165) is 25.3 Å². The minimum atomic E-state index is -0.373. The van der Waals surface area contributed by atoms with Crippen LogP contribution in [0.2, 0.25) is 0 Å². The van der Waals surface area contributed by atoms with Crippen LogP contribution in [0.25, 0.3) is 0 Å². The maximum Gasteiger partial charge on any atom is 0.125 e. The average Bonchev–Trinajstić information content (AvgIpc) is 2.66. The first kappa shape index (κ1) is 12.5. The summed E-state index contributed by atoms with van der Waals surface area (Å²) in [6.45, 7) is 5.80. The van der Waals surface area contributed by atoms with Gasteiger partial charge >= 0.3 is 0 Å². The highest BCUT2D eigenvalue weighted by Gasteiger charge is 2.19. The van der Waals surface area contributed by atoms with Gasteiger partial charge in [-0.1, -0.05) is 32.6 Å². The number of aliphatic imine (C=N–C) groups is 1. The minimum Gasteiger partial charge on any atom is -0.374 e. The third-order valence-electron chi connectivity index (χ3n) is 2.92. The van der Waals surface area contributed by atoms with Crippen molar-refractivity contribution in [1.29, 1.82) is 0 Å². The van der Waals surface area contributed by atoms with E-state index in [1.807, 2.05) is 11.8 Å². The molecule has 0 aromatic heterocycles. The van der Waals surface area contributed by atoms with Crippen LogP contribution in [0.3, 0.4) is 0 Å². The number of hydrogen-bond donors (Lipinski definition) is 1. The molecule has 1 atom stereocenters. The maximum absolute atomic E-state index is 9.51. The Bertz CT molecular complexity index is 202. The van der Waals surface area contributed by atoms with Gasteiger partial charge in [0.2, 0.25) is 0 Å². The van der Waals surface area contributed by atoms with Gasteiger partial charge in [-0.25, -0.2) is 0 Å². The third kappa shape index (κ3) is 4.20. The van der Waals surface area contributed by atoms with E-state index in [4.69, 9.17) is 0 Å². The molecule has 0 spiro atoms. The molecule has 0 radical (unpaired) electrons. The molecule has 0 saturated heterocycles. The van der Waals surface area contributed by atoms with Gasteiger partial charge in [0, 0.05) is 13.0 Å². The fourth-order valence-electron chi connectivity index (χ4n) is 2.02. The highest BCUT2D eigenvalue weighted by molar-refractivity contribution is 5.83. The van der Waals surface area contributed by atoms with Crippen molar-refractivity contribution in [3.8, 4) is 0 Å². The largest absolute Gasteiger partial charge is 0.374 e. The zero-order chi connectivity index (χ0) is 11.1. The molecular formula is C12H24N2O. The zero-order valence-electron chi connectivity index (χ0n) is 10.1. The minimum absolute atomic E-state index is 0.373. The van der Waals surface area contributed by atoms with Crippen molar-refractivity contribution in [3.63, 3.8) is 0 Å². The molecule has 1 N–H and O–H groups in total. The lowest BCUT2D eigenvalue weighted by Gasteiger charge is -2.23. The van der Waals surface area contributed by atoms with Gasteiger partial charge in [0.1, 0.15) is 12.1 Å². The van der Waals surface area contributed by atoms with E-state index < -0.39 is 0 Å². The second-order valence-corrected chi connectivity index (χ2v) is 4.29. The van der Waals surface area contributed by atoms with Crippen LogP contribution in [-0.4, -0.2) is 35.2 Å². The third-order valence-corrected chi connectivity index (χ3v) is 2.92. The van der Waals surface area contributed by atoms with Gasteiger partial charge in [-0.05, 0) is 13.3 Å². The van der Waals surface area contributed by atoms with Crippen molar-refractivity contribution in [1.82, 2.24) is 4.90 Å². The van der Waals surface area contributed by atoms with Crippen molar-refractivity contribution in [2.75, 3.05) is 13.1 Å². The van der Waals surface area contributed by atoms with Gasteiger partial charge in [0.05, 0.1) is 6.54 Å². The Morgan fingerprint density at radius 3 is 2.73 bits per heavy atom. The normalized spacial score (nSPS) is 18.1. The Labute approximate surface area is 93.2 Å². The monoisotopic (exact) mass is 212 g/mol. The number of aliphatic hydroxyl groups is 1.